The van der Waals surface area contributed by atoms with Crippen molar-refractivity contribution in [3.05, 3.63) is 0 Å². The van der Waals surface area contributed by atoms with Gasteiger partial charge in [0.1, 0.15) is 18.3 Å². The number of hydrogen-bond donors (Lipinski definition) is 5. The molecule has 1 fully saturated rings. The molecule has 0 aliphatic carbocycles. The Morgan fingerprint density at radius 1 is 1.23 bits per heavy atom. The molecule has 7 heteroatoms. The van der Waals surface area contributed by atoms with Crippen LogP contribution in [0.4, 0.5) is 0 Å². The Kier molecular flexibility index (Phi) is 2.88. The maximum absolute atomic E-state index is 10.9. The van der Waals surface area contributed by atoms with Gasteiger partial charge in [-0.25, -0.2) is 0 Å². The molecule has 0 aromatic carbocycles. The quantitative estimate of drug-likeness (QED) is 0.276. The molecule has 1 aliphatic heterocycles. The molecular formula is C6H11O7. The lowest BCUT2D eigenvalue weighted by molar-refractivity contribution is -0.455. The molecule has 0 unspecified atom stereocenters. The zero-order valence-electron chi connectivity index (χ0n) is 6.57. The highest BCUT2D eigenvalue weighted by atomic mass is 16.8. The van der Waals surface area contributed by atoms with Gasteiger partial charge in [0.05, 0.1) is 6.61 Å². The summed E-state index contributed by atoms with van der Waals surface area (Å²) in [5, 5.41) is 55.3. The van der Waals surface area contributed by atoms with E-state index >= 15 is 0 Å². The normalized spacial score (nSPS) is 44.8. The topological polar surface area (TPSA) is 130 Å². The van der Waals surface area contributed by atoms with E-state index in [0.29, 0.717) is 0 Å². The van der Waals surface area contributed by atoms with Crippen LogP contribution < -0.4 is 0 Å². The summed E-state index contributed by atoms with van der Waals surface area (Å²) in [7, 11) is 0. The second-order valence-electron chi connectivity index (χ2n) is 2.90. The summed E-state index contributed by atoms with van der Waals surface area (Å²) >= 11 is 0. The average molecular weight is 195 g/mol. The number of aliphatic hydroxyl groups excluding tert-OH is 4. The zero-order chi connectivity index (χ0) is 10.2. The van der Waals surface area contributed by atoms with Gasteiger partial charge in [0.25, 0.3) is 0 Å². The maximum atomic E-state index is 10.9. The van der Waals surface area contributed by atoms with Crippen LogP contribution in [0, 0.1) is 0 Å². The molecule has 13 heavy (non-hydrogen) atoms. The third-order valence-corrected chi connectivity index (χ3v) is 1.93. The standard InChI is InChI=1S/C6H11O7/c7-1-2-3(8)4(9)5(10)6(11,12)13-2/h2-5,7-11H,1H2/t2-,3+,4+,5-,6+/m1/s1. The molecule has 1 aliphatic rings. The monoisotopic (exact) mass is 195 g/mol. The van der Waals surface area contributed by atoms with Gasteiger partial charge in [0, 0.05) is 0 Å². The van der Waals surface area contributed by atoms with Crippen molar-refractivity contribution < 1.29 is 35.4 Å². The molecule has 77 valence electrons. The minimum absolute atomic E-state index is 0.741. The van der Waals surface area contributed by atoms with E-state index in [4.69, 9.17) is 25.5 Å². The van der Waals surface area contributed by atoms with Crippen molar-refractivity contribution in [2.24, 2.45) is 0 Å². The third-order valence-electron chi connectivity index (χ3n) is 1.93. The van der Waals surface area contributed by atoms with Crippen LogP contribution in [0.3, 0.4) is 0 Å². The van der Waals surface area contributed by atoms with E-state index in [1.165, 1.54) is 0 Å². The van der Waals surface area contributed by atoms with Crippen LogP contribution in [0.5, 0.6) is 0 Å². The lowest BCUT2D eigenvalue weighted by atomic mass is 9.98. The Morgan fingerprint density at radius 2 is 1.77 bits per heavy atom. The lowest BCUT2D eigenvalue weighted by Gasteiger charge is -2.40. The Balaban J connectivity index is 2.79. The number of ether oxygens (including phenoxy) is 1. The fourth-order valence-corrected chi connectivity index (χ4v) is 1.12. The molecule has 0 aromatic heterocycles. The molecule has 1 heterocycles. The van der Waals surface area contributed by atoms with E-state index in [2.05, 4.69) is 4.74 Å². The van der Waals surface area contributed by atoms with E-state index < -0.39 is 37.0 Å². The summed E-state index contributed by atoms with van der Waals surface area (Å²) in [6.45, 7) is -0.741. The van der Waals surface area contributed by atoms with Gasteiger partial charge in [-0.2, -0.15) is 5.11 Å². The molecule has 5 atom stereocenters. The van der Waals surface area contributed by atoms with Crippen LogP contribution in [0.25, 0.3) is 0 Å². The van der Waals surface area contributed by atoms with Crippen LogP contribution in [-0.4, -0.2) is 62.5 Å². The van der Waals surface area contributed by atoms with Crippen molar-refractivity contribution in [3.8, 4) is 0 Å². The van der Waals surface area contributed by atoms with Crippen molar-refractivity contribution in [2.75, 3.05) is 6.61 Å². The summed E-state index contributed by atoms with van der Waals surface area (Å²) in [5.41, 5.74) is 0. The molecule has 0 saturated carbocycles. The van der Waals surface area contributed by atoms with E-state index in [9.17, 15) is 5.11 Å². The molecule has 7 nitrogen and oxygen atoms in total. The summed E-state index contributed by atoms with van der Waals surface area (Å²) in [5.74, 6) is -3.20. The van der Waals surface area contributed by atoms with E-state index in [1.54, 1.807) is 0 Å². The number of rotatable bonds is 1. The minimum Gasteiger partial charge on any atom is -0.394 e. The van der Waals surface area contributed by atoms with Gasteiger partial charge in [-0.15, -0.1) is 0 Å². The Morgan fingerprint density at radius 3 is 2.23 bits per heavy atom. The van der Waals surface area contributed by atoms with Gasteiger partial charge >= 0.3 is 5.97 Å². The third kappa shape index (κ3) is 1.81. The van der Waals surface area contributed by atoms with Crippen LogP contribution in [0.2, 0.25) is 0 Å². The molecule has 1 rings (SSSR count). The smallest absolute Gasteiger partial charge is 0.339 e. The Hall–Kier alpha value is -0.280. The number of aliphatic hydroxyl groups is 5. The highest BCUT2D eigenvalue weighted by molar-refractivity contribution is 4.90. The van der Waals surface area contributed by atoms with Gasteiger partial charge in [-0.05, 0) is 0 Å². The average Bonchev–Trinajstić information content (AvgIpc) is 2.08. The molecular weight excluding hydrogens is 184 g/mol. The molecule has 0 amide bonds. The van der Waals surface area contributed by atoms with Crippen molar-refractivity contribution in [2.45, 2.75) is 30.4 Å². The van der Waals surface area contributed by atoms with Crippen LogP contribution >= 0.6 is 0 Å². The fraction of sp³-hybridized carbons (Fsp3) is 1.00. The molecule has 1 saturated heterocycles. The van der Waals surface area contributed by atoms with E-state index in [0.717, 1.165) is 0 Å². The molecule has 0 aromatic rings. The zero-order valence-corrected chi connectivity index (χ0v) is 6.57. The summed E-state index contributed by atoms with van der Waals surface area (Å²) in [4.78, 5) is 0. The Bertz CT molecular complexity index is 180. The first kappa shape index (κ1) is 10.8. The van der Waals surface area contributed by atoms with Gasteiger partial charge in [-0.1, -0.05) is 0 Å². The second kappa shape index (κ2) is 3.46. The van der Waals surface area contributed by atoms with E-state index in [1.807, 2.05) is 0 Å². The SMILES string of the molecule is [O][C@]1(O)O[C@H](CO)[C@H](O)[C@H](O)[C@H]1O. The summed E-state index contributed by atoms with van der Waals surface area (Å²) in [6, 6.07) is 0. The lowest BCUT2D eigenvalue weighted by Crippen LogP contribution is -2.64. The molecule has 0 spiro atoms. The predicted molar refractivity (Wildman–Crippen MR) is 35.6 cm³/mol. The van der Waals surface area contributed by atoms with Crippen LogP contribution in [-0.2, 0) is 9.84 Å². The van der Waals surface area contributed by atoms with Gasteiger partial charge in [-0.3, -0.25) is 0 Å². The molecule has 5 N–H and O–H groups in total. The molecule has 1 radical (unpaired) electrons. The largest absolute Gasteiger partial charge is 0.394 e. The second-order valence-corrected chi connectivity index (χ2v) is 2.90. The Labute approximate surface area is 73.4 Å². The van der Waals surface area contributed by atoms with Crippen molar-refractivity contribution in [1.82, 2.24) is 0 Å². The summed E-state index contributed by atoms with van der Waals surface area (Å²) < 4.78 is 4.21. The first-order valence-corrected chi connectivity index (χ1v) is 3.66. The minimum atomic E-state index is -3.20. The first-order chi connectivity index (χ1) is 5.90. The fourth-order valence-electron chi connectivity index (χ4n) is 1.12. The highest BCUT2D eigenvalue weighted by Crippen LogP contribution is 2.26. The predicted octanol–water partition coefficient (Wildman–Crippen LogP) is -3.46. The van der Waals surface area contributed by atoms with Crippen LogP contribution in [0.1, 0.15) is 0 Å². The van der Waals surface area contributed by atoms with Gasteiger partial charge < -0.3 is 30.3 Å². The van der Waals surface area contributed by atoms with Crippen molar-refractivity contribution in [3.63, 3.8) is 0 Å². The van der Waals surface area contributed by atoms with Crippen LogP contribution in [0.15, 0.2) is 0 Å². The summed E-state index contributed by atoms with van der Waals surface area (Å²) in [6.07, 6.45) is -6.99. The molecule has 0 bridgehead atoms. The first-order valence-electron chi connectivity index (χ1n) is 3.66. The van der Waals surface area contributed by atoms with E-state index in [-0.39, 0.29) is 0 Å². The van der Waals surface area contributed by atoms with Crippen molar-refractivity contribution >= 4 is 0 Å². The maximum Gasteiger partial charge on any atom is 0.339 e. The number of hydrogen-bond acceptors (Lipinski definition) is 6. The highest BCUT2D eigenvalue weighted by Gasteiger charge is 2.53. The van der Waals surface area contributed by atoms with Gasteiger partial charge in [0.15, 0.2) is 6.10 Å². The van der Waals surface area contributed by atoms with Crippen molar-refractivity contribution in [1.29, 1.82) is 0 Å². The van der Waals surface area contributed by atoms with Gasteiger partial charge in [0.2, 0.25) is 0 Å².